The Hall–Kier alpha value is -1.67. The molecule has 0 N–H and O–H groups in total. The molecule has 2 heterocycles. The van der Waals surface area contributed by atoms with Crippen LogP contribution < -0.4 is 4.74 Å². The Morgan fingerprint density at radius 2 is 2.12 bits per heavy atom. The zero-order valence-electron chi connectivity index (χ0n) is 13.1. The van der Waals surface area contributed by atoms with Crippen LogP contribution in [0.4, 0.5) is 8.78 Å². The third-order valence-electron chi connectivity index (χ3n) is 3.77. The summed E-state index contributed by atoms with van der Waals surface area (Å²) in [6.45, 7) is 0.914. The van der Waals surface area contributed by atoms with Gasteiger partial charge in [0.25, 0.3) is 11.7 Å². The molecule has 1 aliphatic rings. The summed E-state index contributed by atoms with van der Waals surface area (Å²) in [7, 11) is 0. The quantitative estimate of drug-likeness (QED) is 0.659. The van der Waals surface area contributed by atoms with Gasteiger partial charge in [-0.2, -0.15) is 8.78 Å². The molecule has 0 spiro atoms. The Labute approximate surface area is 156 Å². The molecular formula is C17H15BrF2N2O2S. The van der Waals surface area contributed by atoms with E-state index in [0.717, 1.165) is 4.47 Å². The van der Waals surface area contributed by atoms with E-state index in [1.54, 1.807) is 41.4 Å². The molecule has 1 aromatic heterocycles. The van der Waals surface area contributed by atoms with E-state index in [1.807, 2.05) is 6.07 Å². The first-order valence-electron chi connectivity index (χ1n) is 7.65. The summed E-state index contributed by atoms with van der Waals surface area (Å²) in [5, 5.41) is 0. The van der Waals surface area contributed by atoms with Crippen LogP contribution in [0.5, 0.6) is 5.88 Å². The number of carbonyl (C=O) groups is 1. The fraction of sp³-hybridized carbons (Fsp3) is 0.294. The number of amides is 1. The zero-order valence-corrected chi connectivity index (χ0v) is 15.5. The molecule has 0 radical (unpaired) electrons. The second-order valence-electron chi connectivity index (χ2n) is 5.44. The van der Waals surface area contributed by atoms with E-state index in [2.05, 4.69) is 20.9 Å². The summed E-state index contributed by atoms with van der Waals surface area (Å²) in [4.78, 5) is 18.8. The first kappa shape index (κ1) is 18.1. The second-order valence-corrected chi connectivity index (χ2v) is 7.33. The molecule has 132 valence electrons. The van der Waals surface area contributed by atoms with Crippen molar-refractivity contribution in [1.82, 2.24) is 9.88 Å². The summed E-state index contributed by atoms with van der Waals surface area (Å²) < 4.78 is 32.0. The van der Waals surface area contributed by atoms with Crippen LogP contribution in [0.1, 0.15) is 16.8 Å². The van der Waals surface area contributed by atoms with Crippen molar-refractivity contribution in [2.24, 2.45) is 0 Å². The van der Waals surface area contributed by atoms with Crippen LogP contribution in [0.15, 0.2) is 52.0 Å². The number of rotatable bonds is 5. The lowest BCUT2D eigenvalue weighted by atomic mass is 10.2. The largest absolute Gasteiger partial charge is 0.472 e. The SMILES string of the molecule is O=C(c1ccccc1SC(F)F)N1CCC(Oc2ncccc2Br)C1. The van der Waals surface area contributed by atoms with E-state index in [0.29, 0.717) is 47.6 Å². The number of thioether (sulfide) groups is 1. The summed E-state index contributed by atoms with van der Waals surface area (Å²) in [5.74, 6) is -2.34. The number of benzene rings is 1. The van der Waals surface area contributed by atoms with Gasteiger partial charge in [0, 0.05) is 24.1 Å². The summed E-state index contributed by atoms with van der Waals surface area (Å²) in [6, 6.07) is 10.1. The van der Waals surface area contributed by atoms with Gasteiger partial charge in [0.2, 0.25) is 5.88 Å². The lowest BCUT2D eigenvalue weighted by molar-refractivity contribution is 0.0767. The highest BCUT2D eigenvalue weighted by Gasteiger charge is 2.30. The number of pyridine rings is 1. The van der Waals surface area contributed by atoms with E-state index in [4.69, 9.17) is 4.74 Å². The van der Waals surface area contributed by atoms with Crippen LogP contribution in [-0.2, 0) is 0 Å². The highest BCUT2D eigenvalue weighted by Crippen LogP contribution is 2.30. The molecule has 1 aromatic carbocycles. The maximum Gasteiger partial charge on any atom is 0.288 e. The molecule has 25 heavy (non-hydrogen) atoms. The lowest BCUT2D eigenvalue weighted by Crippen LogP contribution is -2.31. The highest BCUT2D eigenvalue weighted by molar-refractivity contribution is 9.10. The van der Waals surface area contributed by atoms with Crippen LogP contribution in [-0.4, -0.2) is 40.7 Å². The van der Waals surface area contributed by atoms with Gasteiger partial charge in [-0.1, -0.05) is 23.9 Å². The van der Waals surface area contributed by atoms with Gasteiger partial charge in [-0.3, -0.25) is 4.79 Å². The summed E-state index contributed by atoms with van der Waals surface area (Å²) >= 11 is 3.76. The summed E-state index contributed by atoms with van der Waals surface area (Å²) in [5.41, 5.74) is 0.299. The predicted octanol–water partition coefficient (Wildman–Crippen LogP) is 4.45. The van der Waals surface area contributed by atoms with E-state index >= 15 is 0 Å². The topological polar surface area (TPSA) is 42.4 Å². The number of aromatic nitrogens is 1. The van der Waals surface area contributed by atoms with E-state index in [9.17, 15) is 13.6 Å². The van der Waals surface area contributed by atoms with Gasteiger partial charge in [0.15, 0.2) is 0 Å². The Morgan fingerprint density at radius 3 is 2.88 bits per heavy atom. The fourth-order valence-corrected chi connectivity index (χ4v) is 3.62. The minimum absolute atomic E-state index is 0.176. The van der Waals surface area contributed by atoms with E-state index in [-0.39, 0.29) is 12.0 Å². The molecule has 1 amide bonds. The van der Waals surface area contributed by atoms with Crippen molar-refractivity contribution in [2.75, 3.05) is 13.1 Å². The van der Waals surface area contributed by atoms with Gasteiger partial charge in [-0.05, 0) is 40.2 Å². The Morgan fingerprint density at radius 1 is 1.32 bits per heavy atom. The average molecular weight is 429 g/mol. The van der Waals surface area contributed by atoms with Gasteiger partial charge in [-0.25, -0.2) is 4.98 Å². The highest BCUT2D eigenvalue weighted by atomic mass is 79.9. The van der Waals surface area contributed by atoms with Crippen molar-refractivity contribution in [3.05, 3.63) is 52.6 Å². The predicted molar refractivity (Wildman–Crippen MR) is 95.2 cm³/mol. The van der Waals surface area contributed by atoms with Crippen LogP contribution in [0.25, 0.3) is 0 Å². The van der Waals surface area contributed by atoms with Crippen molar-refractivity contribution in [2.45, 2.75) is 23.2 Å². The molecular weight excluding hydrogens is 414 g/mol. The number of nitrogens with zero attached hydrogens (tertiary/aromatic N) is 2. The average Bonchev–Trinajstić information content (AvgIpc) is 3.05. The number of hydrogen-bond acceptors (Lipinski definition) is 4. The third-order valence-corrected chi connectivity index (χ3v) is 5.16. The van der Waals surface area contributed by atoms with Crippen molar-refractivity contribution >= 4 is 33.6 Å². The van der Waals surface area contributed by atoms with Crippen LogP contribution in [0.3, 0.4) is 0 Å². The molecule has 1 aliphatic heterocycles. The smallest absolute Gasteiger partial charge is 0.288 e. The number of hydrogen-bond donors (Lipinski definition) is 0. The maximum absolute atomic E-state index is 12.7. The summed E-state index contributed by atoms with van der Waals surface area (Å²) in [6.07, 6.45) is 2.12. The normalized spacial score (nSPS) is 17.1. The molecule has 4 nitrogen and oxygen atoms in total. The van der Waals surface area contributed by atoms with Crippen molar-refractivity contribution in [3.63, 3.8) is 0 Å². The molecule has 3 rings (SSSR count). The Kier molecular flexibility index (Phi) is 5.90. The first-order chi connectivity index (χ1) is 12.0. The molecule has 0 saturated carbocycles. The van der Waals surface area contributed by atoms with Gasteiger partial charge in [-0.15, -0.1) is 0 Å². The number of halogens is 3. The zero-order chi connectivity index (χ0) is 17.8. The third kappa shape index (κ3) is 4.49. The molecule has 1 unspecified atom stereocenters. The molecule has 1 fully saturated rings. The minimum Gasteiger partial charge on any atom is -0.472 e. The molecule has 1 atom stereocenters. The number of carbonyl (C=O) groups excluding carboxylic acids is 1. The Bertz CT molecular complexity index is 763. The maximum atomic E-state index is 12.7. The standard InChI is InChI=1S/C17H15BrF2N2O2S/c18-13-5-3-8-21-15(13)24-11-7-9-22(10-11)16(23)12-4-1-2-6-14(12)25-17(19)20/h1-6,8,11,17H,7,9-10H2. The molecule has 0 bridgehead atoms. The van der Waals surface area contributed by atoms with Gasteiger partial charge < -0.3 is 9.64 Å². The minimum atomic E-state index is -2.56. The molecule has 1 saturated heterocycles. The van der Waals surface area contributed by atoms with Crippen molar-refractivity contribution in [1.29, 1.82) is 0 Å². The van der Waals surface area contributed by atoms with Crippen LogP contribution in [0, 0.1) is 0 Å². The molecule has 8 heteroatoms. The van der Waals surface area contributed by atoms with Crippen LogP contribution >= 0.6 is 27.7 Å². The van der Waals surface area contributed by atoms with E-state index < -0.39 is 5.76 Å². The molecule has 2 aromatic rings. The first-order valence-corrected chi connectivity index (χ1v) is 9.32. The number of alkyl halides is 2. The number of likely N-dealkylation sites (tertiary alicyclic amines) is 1. The number of ether oxygens (including phenoxy) is 1. The monoisotopic (exact) mass is 428 g/mol. The fourth-order valence-electron chi connectivity index (χ4n) is 2.64. The Balaban J connectivity index is 1.68. The van der Waals surface area contributed by atoms with Crippen molar-refractivity contribution in [3.8, 4) is 5.88 Å². The second kappa shape index (κ2) is 8.14. The van der Waals surface area contributed by atoms with Gasteiger partial charge >= 0.3 is 0 Å². The van der Waals surface area contributed by atoms with E-state index in [1.165, 1.54) is 0 Å². The van der Waals surface area contributed by atoms with Gasteiger partial charge in [0.1, 0.15) is 6.10 Å². The van der Waals surface area contributed by atoms with Crippen LogP contribution in [0.2, 0.25) is 0 Å². The molecule has 0 aliphatic carbocycles. The van der Waals surface area contributed by atoms with Gasteiger partial charge in [0.05, 0.1) is 16.6 Å². The van der Waals surface area contributed by atoms with Crippen molar-refractivity contribution < 1.29 is 18.3 Å². The lowest BCUT2D eigenvalue weighted by Gasteiger charge is -2.18.